The third-order valence-electron chi connectivity index (χ3n) is 1.64. The molecule has 0 bridgehead atoms. The molecule has 0 unspecified atom stereocenters. The van der Waals surface area contributed by atoms with Crippen LogP contribution < -0.4 is 10.6 Å². The van der Waals surface area contributed by atoms with Crippen molar-refractivity contribution in [2.45, 2.75) is 6.42 Å². The average molecular weight is 315 g/mol. The summed E-state index contributed by atoms with van der Waals surface area (Å²) in [6.07, 6.45) is 0.319. The third kappa shape index (κ3) is 4.16. The first-order chi connectivity index (χ1) is 7.24. The molecule has 1 rings (SSSR count). The second-order valence-corrected chi connectivity index (χ2v) is 3.93. The Morgan fingerprint density at radius 3 is 2.87 bits per heavy atom. The molecular weight excluding hydrogens is 305 g/mol. The van der Waals surface area contributed by atoms with Gasteiger partial charge < -0.3 is 10.6 Å². The Kier molecular flexibility index (Phi) is 4.90. The summed E-state index contributed by atoms with van der Waals surface area (Å²) in [4.78, 5) is 11.3. The largest absolute Gasteiger partial charge is 0.337 e. The standard InChI is InChI=1S/C10H10IN3O/c11-8-4-1-2-5-9(8)14-10(15)13-7-3-6-12/h1-2,4-5H,3,7H2,(H2,13,14,15). The van der Waals surface area contributed by atoms with E-state index < -0.39 is 0 Å². The lowest BCUT2D eigenvalue weighted by atomic mass is 10.3. The van der Waals surface area contributed by atoms with Gasteiger partial charge in [0.15, 0.2) is 0 Å². The van der Waals surface area contributed by atoms with Gasteiger partial charge in [-0.1, -0.05) is 12.1 Å². The van der Waals surface area contributed by atoms with Crippen molar-refractivity contribution < 1.29 is 4.79 Å². The Morgan fingerprint density at radius 1 is 1.47 bits per heavy atom. The van der Waals surface area contributed by atoms with Crippen molar-refractivity contribution in [1.82, 2.24) is 5.32 Å². The van der Waals surface area contributed by atoms with E-state index in [0.717, 1.165) is 9.26 Å². The van der Waals surface area contributed by atoms with E-state index in [1.165, 1.54) is 0 Å². The number of nitriles is 1. The van der Waals surface area contributed by atoms with Gasteiger partial charge in [0.25, 0.3) is 0 Å². The van der Waals surface area contributed by atoms with Crippen LogP contribution in [-0.4, -0.2) is 12.6 Å². The highest BCUT2D eigenvalue weighted by molar-refractivity contribution is 14.1. The van der Waals surface area contributed by atoms with Gasteiger partial charge >= 0.3 is 6.03 Å². The highest BCUT2D eigenvalue weighted by Gasteiger charge is 2.02. The quantitative estimate of drug-likeness (QED) is 0.664. The number of urea groups is 1. The molecule has 0 heterocycles. The maximum absolute atomic E-state index is 11.3. The first-order valence-electron chi connectivity index (χ1n) is 4.40. The van der Waals surface area contributed by atoms with E-state index in [1.54, 1.807) is 0 Å². The van der Waals surface area contributed by atoms with Crippen molar-refractivity contribution in [3.8, 4) is 6.07 Å². The molecule has 0 aliphatic heterocycles. The van der Waals surface area contributed by atoms with E-state index in [1.807, 2.05) is 30.3 Å². The smallest absolute Gasteiger partial charge is 0.319 e. The molecule has 2 amide bonds. The van der Waals surface area contributed by atoms with Gasteiger partial charge in [0.2, 0.25) is 0 Å². The molecule has 0 atom stereocenters. The number of para-hydroxylation sites is 1. The number of carbonyl (C=O) groups excluding carboxylic acids is 1. The minimum absolute atomic E-state index is 0.283. The normalized spacial score (nSPS) is 9.07. The van der Waals surface area contributed by atoms with Gasteiger partial charge in [-0.05, 0) is 34.7 Å². The number of anilines is 1. The van der Waals surface area contributed by atoms with Gasteiger partial charge in [-0.25, -0.2) is 4.79 Å². The van der Waals surface area contributed by atoms with Crippen LogP contribution in [0.3, 0.4) is 0 Å². The Labute approximate surface area is 102 Å². The minimum Gasteiger partial charge on any atom is -0.337 e. The first-order valence-corrected chi connectivity index (χ1v) is 5.48. The summed E-state index contributed by atoms with van der Waals surface area (Å²) in [6, 6.07) is 9.16. The summed E-state index contributed by atoms with van der Waals surface area (Å²) in [5.74, 6) is 0. The van der Waals surface area contributed by atoms with E-state index in [-0.39, 0.29) is 6.03 Å². The molecule has 0 saturated carbocycles. The summed E-state index contributed by atoms with van der Waals surface area (Å²) in [5.41, 5.74) is 0.771. The second-order valence-electron chi connectivity index (χ2n) is 2.77. The predicted molar refractivity (Wildman–Crippen MR) is 66.4 cm³/mol. The van der Waals surface area contributed by atoms with Gasteiger partial charge in [-0.2, -0.15) is 5.26 Å². The molecule has 1 aromatic carbocycles. The number of hydrogen-bond acceptors (Lipinski definition) is 2. The maximum atomic E-state index is 11.3. The van der Waals surface area contributed by atoms with Crippen molar-refractivity contribution in [2.75, 3.05) is 11.9 Å². The fourth-order valence-electron chi connectivity index (χ4n) is 0.961. The van der Waals surface area contributed by atoms with Crippen molar-refractivity contribution in [1.29, 1.82) is 5.26 Å². The van der Waals surface area contributed by atoms with E-state index in [0.29, 0.717) is 13.0 Å². The SMILES string of the molecule is N#CCCNC(=O)Nc1ccccc1I. The summed E-state index contributed by atoms with van der Waals surface area (Å²) in [5, 5.41) is 13.6. The molecular formula is C10H10IN3O. The van der Waals surface area contributed by atoms with Crippen LogP contribution in [0.5, 0.6) is 0 Å². The lowest BCUT2D eigenvalue weighted by Crippen LogP contribution is -2.29. The summed E-state index contributed by atoms with van der Waals surface area (Å²) in [6.45, 7) is 0.367. The van der Waals surface area contributed by atoms with Crippen LogP contribution >= 0.6 is 22.6 Å². The molecule has 1 aromatic rings. The van der Waals surface area contributed by atoms with E-state index in [4.69, 9.17) is 5.26 Å². The molecule has 0 radical (unpaired) electrons. The lowest BCUT2D eigenvalue weighted by Gasteiger charge is -2.07. The molecule has 4 nitrogen and oxygen atoms in total. The fraction of sp³-hybridized carbons (Fsp3) is 0.200. The minimum atomic E-state index is -0.283. The molecule has 0 aliphatic carbocycles. The average Bonchev–Trinajstić information content (AvgIpc) is 2.22. The number of nitrogens with one attached hydrogen (secondary N) is 2. The Morgan fingerprint density at radius 2 is 2.20 bits per heavy atom. The summed E-state index contributed by atoms with van der Waals surface area (Å²) in [7, 11) is 0. The zero-order valence-electron chi connectivity index (χ0n) is 7.96. The van der Waals surface area contributed by atoms with E-state index in [2.05, 4.69) is 33.2 Å². The van der Waals surface area contributed by atoms with Crippen LogP contribution in [0.25, 0.3) is 0 Å². The van der Waals surface area contributed by atoms with Crippen LogP contribution in [0.2, 0.25) is 0 Å². The highest BCUT2D eigenvalue weighted by atomic mass is 127. The molecule has 2 N–H and O–H groups in total. The number of nitrogens with zero attached hydrogens (tertiary/aromatic N) is 1. The van der Waals surface area contributed by atoms with Crippen molar-refractivity contribution >= 4 is 34.3 Å². The number of halogens is 1. The molecule has 0 spiro atoms. The van der Waals surface area contributed by atoms with Crippen LogP contribution in [0.4, 0.5) is 10.5 Å². The van der Waals surface area contributed by atoms with Gasteiger partial charge in [0, 0.05) is 10.1 Å². The number of benzene rings is 1. The molecule has 15 heavy (non-hydrogen) atoms. The van der Waals surface area contributed by atoms with Crippen LogP contribution in [-0.2, 0) is 0 Å². The zero-order chi connectivity index (χ0) is 11.1. The van der Waals surface area contributed by atoms with Gasteiger partial charge in [-0.3, -0.25) is 0 Å². The van der Waals surface area contributed by atoms with Crippen LogP contribution in [0, 0.1) is 14.9 Å². The summed E-state index contributed by atoms with van der Waals surface area (Å²) >= 11 is 2.14. The first kappa shape index (κ1) is 11.8. The third-order valence-corrected chi connectivity index (χ3v) is 2.59. The highest BCUT2D eigenvalue weighted by Crippen LogP contribution is 2.16. The number of amides is 2. The predicted octanol–water partition coefficient (Wildman–Crippen LogP) is 2.33. The summed E-state index contributed by atoms with van der Waals surface area (Å²) < 4.78 is 0.977. The topological polar surface area (TPSA) is 64.9 Å². The van der Waals surface area contributed by atoms with Crippen molar-refractivity contribution in [2.24, 2.45) is 0 Å². The van der Waals surface area contributed by atoms with Crippen molar-refractivity contribution in [3.63, 3.8) is 0 Å². The van der Waals surface area contributed by atoms with Gasteiger partial charge in [-0.15, -0.1) is 0 Å². The second kappa shape index (κ2) is 6.24. The molecule has 5 heteroatoms. The van der Waals surface area contributed by atoms with E-state index in [9.17, 15) is 4.79 Å². The van der Waals surface area contributed by atoms with E-state index >= 15 is 0 Å². The molecule has 0 aliphatic rings. The number of carbonyl (C=O) groups is 1. The molecule has 0 aromatic heterocycles. The van der Waals surface area contributed by atoms with Crippen LogP contribution in [0.15, 0.2) is 24.3 Å². The zero-order valence-corrected chi connectivity index (χ0v) is 10.1. The number of hydrogen-bond donors (Lipinski definition) is 2. The molecule has 78 valence electrons. The Hall–Kier alpha value is -1.29. The Balaban J connectivity index is 2.45. The molecule has 0 fully saturated rings. The fourth-order valence-corrected chi connectivity index (χ4v) is 1.48. The van der Waals surface area contributed by atoms with Crippen LogP contribution in [0.1, 0.15) is 6.42 Å². The Bertz CT molecular complexity index is 386. The maximum Gasteiger partial charge on any atom is 0.319 e. The van der Waals surface area contributed by atoms with Crippen molar-refractivity contribution in [3.05, 3.63) is 27.8 Å². The monoisotopic (exact) mass is 315 g/mol. The molecule has 0 saturated heterocycles. The lowest BCUT2D eigenvalue weighted by molar-refractivity contribution is 0.252. The van der Waals surface area contributed by atoms with Gasteiger partial charge in [0.1, 0.15) is 0 Å². The van der Waals surface area contributed by atoms with Gasteiger partial charge in [0.05, 0.1) is 18.2 Å². The number of rotatable bonds is 3.